The van der Waals surface area contributed by atoms with Gasteiger partial charge in [-0.2, -0.15) is 0 Å². The highest BCUT2D eigenvalue weighted by molar-refractivity contribution is 6.12. The zero-order valence-electron chi connectivity index (χ0n) is 11.6. The lowest BCUT2D eigenvalue weighted by Crippen LogP contribution is -2.22. The molecule has 0 fully saturated rings. The lowest BCUT2D eigenvalue weighted by Gasteiger charge is -2.11. The van der Waals surface area contributed by atoms with Crippen molar-refractivity contribution in [2.45, 2.75) is 0 Å². The Labute approximate surface area is 117 Å². The molecule has 3 heteroatoms. The van der Waals surface area contributed by atoms with Crippen LogP contribution in [0.2, 0.25) is 0 Å². The molecule has 0 saturated carbocycles. The molecule has 0 aliphatic carbocycles. The van der Waals surface area contributed by atoms with E-state index >= 15 is 0 Å². The van der Waals surface area contributed by atoms with Gasteiger partial charge in [-0.15, -0.1) is 0 Å². The van der Waals surface area contributed by atoms with E-state index in [1.54, 1.807) is 19.0 Å². The number of hydrogen-bond acceptors (Lipinski definition) is 1. The molecule has 0 aliphatic rings. The molecule has 0 saturated heterocycles. The Kier molecular flexibility index (Phi) is 3.03. The number of carbonyl (C=O) groups is 1. The fourth-order valence-corrected chi connectivity index (χ4v) is 2.41. The molecule has 0 aliphatic heterocycles. The Morgan fingerprint density at radius 3 is 2.30 bits per heavy atom. The summed E-state index contributed by atoms with van der Waals surface area (Å²) in [4.78, 5) is 17.5. The molecule has 2 aromatic carbocycles. The van der Waals surface area contributed by atoms with Crippen LogP contribution in [0.15, 0.2) is 54.6 Å². The summed E-state index contributed by atoms with van der Waals surface area (Å²) in [6.07, 6.45) is 0. The molecule has 3 rings (SSSR count). The second kappa shape index (κ2) is 4.85. The molecule has 0 unspecified atom stereocenters. The van der Waals surface area contributed by atoms with Crippen molar-refractivity contribution in [3.8, 4) is 11.3 Å². The standard InChI is InChI=1S/C17H16N2O/c1-19(2)17(20)15-13-10-6-7-11-14(13)18-16(15)12-8-4-3-5-9-12/h3-11,18H,1-2H3. The van der Waals surface area contributed by atoms with E-state index in [-0.39, 0.29) is 5.91 Å². The normalized spacial score (nSPS) is 10.7. The number of amides is 1. The monoisotopic (exact) mass is 264 g/mol. The summed E-state index contributed by atoms with van der Waals surface area (Å²) in [6, 6.07) is 17.8. The number of benzene rings is 2. The summed E-state index contributed by atoms with van der Waals surface area (Å²) >= 11 is 0. The number of para-hydroxylation sites is 1. The predicted octanol–water partition coefficient (Wildman–Crippen LogP) is 3.54. The maximum absolute atomic E-state index is 12.5. The zero-order chi connectivity index (χ0) is 14.1. The van der Waals surface area contributed by atoms with E-state index < -0.39 is 0 Å². The molecule has 0 atom stereocenters. The molecule has 3 nitrogen and oxygen atoms in total. The second-order valence-corrected chi connectivity index (χ2v) is 4.99. The zero-order valence-corrected chi connectivity index (χ0v) is 11.6. The van der Waals surface area contributed by atoms with Crippen LogP contribution in [0, 0.1) is 0 Å². The van der Waals surface area contributed by atoms with Crippen molar-refractivity contribution in [3.05, 3.63) is 60.2 Å². The lowest BCUT2D eigenvalue weighted by molar-refractivity contribution is 0.0830. The van der Waals surface area contributed by atoms with E-state index in [0.29, 0.717) is 0 Å². The molecule has 0 bridgehead atoms. The van der Waals surface area contributed by atoms with E-state index in [2.05, 4.69) is 4.98 Å². The minimum absolute atomic E-state index is 0.0151. The summed E-state index contributed by atoms with van der Waals surface area (Å²) in [5.74, 6) is 0.0151. The second-order valence-electron chi connectivity index (χ2n) is 4.99. The van der Waals surface area contributed by atoms with Gasteiger partial charge in [-0.25, -0.2) is 0 Å². The van der Waals surface area contributed by atoms with Gasteiger partial charge in [0.1, 0.15) is 0 Å². The summed E-state index contributed by atoms with van der Waals surface area (Å²) < 4.78 is 0. The molecule has 1 aromatic heterocycles. The van der Waals surface area contributed by atoms with Gasteiger partial charge in [0.2, 0.25) is 0 Å². The largest absolute Gasteiger partial charge is 0.354 e. The number of aromatic nitrogens is 1. The number of fused-ring (bicyclic) bond motifs is 1. The van der Waals surface area contributed by atoms with Gasteiger partial charge in [0, 0.05) is 25.0 Å². The summed E-state index contributed by atoms with van der Waals surface area (Å²) in [6.45, 7) is 0. The molecule has 1 amide bonds. The molecule has 1 N–H and O–H groups in total. The van der Waals surface area contributed by atoms with Crippen molar-refractivity contribution in [2.75, 3.05) is 14.1 Å². The SMILES string of the molecule is CN(C)C(=O)c1c(-c2ccccc2)[nH]c2ccccc12. The van der Waals surface area contributed by atoms with Gasteiger partial charge >= 0.3 is 0 Å². The van der Waals surface area contributed by atoms with Crippen molar-refractivity contribution >= 4 is 16.8 Å². The van der Waals surface area contributed by atoms with Gasteiger partial charge in [-0.3, -0.25) is 4.79 Å². The fraction of sp³-hybridized carbons (Fsp3) is 0.118. The molecule has 3 aromatic rings. The lowest BCUT2D eigenvalue weighted by atomic mass is 10.0. The number of hydrogen-bond donors (Lipinski definition) is 1. The van der Waals surface area contributed by atoms with Crippen molar-refractivity contribution in [2.24, 2.45) is 0 Å². The van der Waals surface area contributed by atoms with Crippen molar-refractivity contribution in [3.63, 3.8) is 0 Å². The van der Waals surface area contributed by atoms with Crippen molar-refractivity contribution in [1.82, 2.24) is 9.88 Å². The Morgan fingerprint density at radius 1 is 0.950 bits per heavy atom. The quantitative estimate of drug-likeness (QED) is 0.755. The third-order valence-electron chi connectivity index (χ3n) is 3.39. The highest BCUT2D eigenvalue weighted by Gasteiger charge is 2.20. The Balaban J connectivity index is 2.31. The topological polar surface area (TPSA) is 36.1 Å². The summed E-state index contributed by atoms with van der Waals surface area (Å²) in [5, 5.41) is 0.963. The van der Waals surface area contributed by atoms with Crippen LogP contribution in [0.4, 0.5) is 0 Å². The van der Waals surface area contributed by atoms with Crippen LogP contribution >= 0.6 is 0 Å². The highest BCUT2D eigenvalue weighted by Crippen LogP contribution is 2.30. The van der Waals surface area contributed by atoms with Crippen molar-refractivity contribution in [1.29, 1.82) is 0 Å². The number of nitrogens with zero attached hydrogens (tertiary/aromatic N) is 1. The van der Waals surface area contributed by atoms with Gasteiger partial charge in [0.15, 0.2) is 0 Å². The smallest absolute Gasteiger partial charge is 0.256 e. The van der Waals surface area contributed by atoms with Crippen molar-refractivity contribution < 1.29 is 4.79 Å². The Bertz CT molecular complexity index is 757. The third-order valence-corrected chi connectivity index (χ3v) is 3.39. The minimum atomic E-state index is 0.0151. The van der Waals surface area contributed by atoms with Gasteiger partial charge in [0.25, 0.3) is 5.91 Å². The maximum Gasteiger partial charge on any atom is 0.256 e. The van der Waals surface area contributed by atoms with Gasteiger partial charge < -0.3 is 9.88 Å². The van der Waals surface area contributed by atoms with E-state index in [1.165, 1.54) is 0 Å². The van der Waals surface area contributed by atoms with Crippen LogP contribution in [0.1, 0.15) is 10.4 Å². The van der Waals surface area contributed by atoms with Crippen LogP contribution in [-0.2, 0) is 0 Å². The third kappa shape index (κ3) is 1.97. The average Bonchev–Trinajstić information content (AvgIpc) is 2.86. The van der Waals surface area contributed by atoms with Crippen LogP contribution in [0.3, 0.4) is 0 Å². The van der Waals surface area contributed by atoms with Gasteiger partial charge in [0.05, 0.1) is 11.3 Å². The number of aromatic amines is 1. The minimum Gasteiger partial charge on any atom is -0.354 e. The Morgan fingerprint density at radius 2 is 1.60 bits per heavy atom. The number of rotatable bonds is 2. The molecule has 100 valence electrons. The maximum atomic E-state index is 12.5. The first-order valence-electron chi connectivity index (χ1n) is 6.56. The van der Waals surface area contributed by atoms with Crippen LogP contribution in [0.5, 0.6) is 0 Å². The summed E-state index contributed by atoms with van der Waals surface area (Å²) in [5.41, 5.74) is 3.62. The van der Waals surface area contributed by atoms with Crippen LogP contribution in [0.25, 0.3) is 22.2 Å². The molecule has 1 heterocycles. The first kappa shape index (κ1) is 12.5. The molecule has 0 spiro atoms. The van der Waals surface area contributed by atoms with Gasteiger partial charge in [-0.05, 0) is 11.6 Å². The fourth-order valence-electron chi connectivity index (χ4n) is 2.41. The number of nitrogens with one attached hydrogen (secondary N) is 1. The van der Waals surface area contributed by atoms with E-state index in [4.69, 9.17) is 0 Å². The average molecular weight is 264 g/mol. The Hall–Kier alpha value is -2.55. The molecular formula is C17H16N2O. The molecular weight excluding hydrogens is 248 g/mol. The van der Waals surface area contributed by atoms with Crippen LogP contribution < -0.4 is 0 Å². The number of H-pyrrole nitrogens is 1. The molecule has 0 radical (unpaired) electrons. The first-order valence-corrected chi connectivity index (χ1v) is 6.56. The molecule has 20 heavy (non-hydrogen) atoms. The highest BCUT2D eigenvalue weighted by atomic mass is 16.2. The summed E-state index contributed by atoms with van der Waals surface area (Å²) in [7, 11) is 3.55. The van der Waals surface area contributed by atoms with E-state index in [0.717, 1.165) is 27.7 Å². The van der Waals surface area contributed by atoms with Crippen LogP contribution in [-0.4, -0.2) is 29.9 Å². The number of carbonyl (C=O) groups excluding carboxylic acids is 1. The van der Waals surface area contributed by atoms with E-state index in [9.17, 15) is 4.79 Å². The van der Waals surface area contributed by atoms with Gasteiger partial charge in [-0.1, -0.05) is 48.5 Å². The first-order chi connectivity index (χ1) is 9.68. The van der Waals surface area contributed by atoms with E-state index in [1.807, 2.05) is 54.6 Å². The predicted molar refractivity (Wildman–Crippen MR) is 81.8 cm³/mol.